The Balaban J connectivity index is 2.94. The van der Waals surface area contributed by atoms with Gasteiger partial charge in [-0.25, -0.2) is 4.79 Å². The topological polar surface area (TPSA) is 46.5 Å². The Morgan fingerprint density at radius 1 is 1.21 bits per heavy atom. The zero-order chi connectivity index (χ0) is 14.7. The summed E-state index contributed by atoms with van der Waals surface area (Å²) in [4.78, 5) is 11.9. The van der Waals surface area contributed by atoms with Crippen molar-refractivity contribution < 1.29 is 14.6 Å². The average molecular weight is 260 g/mol. The molecule has 0 saturated carbocycles. The second-order valence-electron chi connectivity index (χ2n) is 5.89. The summed E-state index contributed by atoms with van der Waals surface area (Å²) < 4.78 is 5.29. The number of aliphatic hydroxyl groups is 1. The smallest absolute Gasteiger partial charge is 0.338 e. The zero-order valence-electron chi connectivity index (χ0n) is 12.1. The van der Waals surface area contributed by atoms with E-state index in [1.54, 1.807) is 38.1 Å². The van der Waals surface area contributed by atoms with Crippen LogP contribution in [-0.2, 0) is 4.74 Å². The Labute approximate surface area is 114 Å². The van der Waals surface area contributed by atoms with Gasteiger partial charge in [0.05, 0.1) is 5.56 Å². The van der Waals surface area contributed by atoms with Gasteiger partial charge in [-0.15, -0.1) is 0 Å². The van der Waals surface area contributed by atoms with E-state index < -0.39 is 11.2 Å². The molecule has 3 heteroatoms. The van der Waals surface area contributed by atoms with Crippen LogP contribution >= 0.6 is 0 Å². The molecule has 102 valence electrons. The van der Waals surface area contributed by atoms with Gasteiger partial charge < -0.3 is 9.84 Å². The molecule has 0 amide bonds. The molecule has 0 aromatic heterocycles. The van der Waals surface area contributed by atoms with E-state index in [2.05, 4.69) is 11.8 Å². The Morgan fingerprint density at radius 2 is 1.84 bits per heavy atom. The zero-order valence-corrected chi connectivity index (χ0v) is 12.1. The van der Waals surface area contributed by atoms with E-state index in [0.717, 1.165) is 0 Å². The number of esters is 1. The molecule has 0 aliphatic carbocycles. The van der Waals surface area contributed by atoms with Gasteiger partial charge in [-0.05, 0) is 52.8 Å². The summed E-state index contributed by atoms with van der Waals surface area (Å²) in [6.07, 6.45) is 0. The average Bonchev–Trinajstić information content (AvgIpc) is 2.23. The number of ether oxygens (including phenoxy) is 1. The minimum absolute atomic E-state index is 0.376. The van der Waals surface area contributed by atoms with Crippen LogP contribution in [0.3, 0.4) is 0 Å². The van der Waals surface area contributed by atoms with Gasteiger partial charge in [0.1, 0.15) is 11.2 Å². The largest absolute Gasteiger partial charge is 0.456 e. The molecule has 19 heavy (non-hydrogen) atoms. The lowest BCUT2D eigenvalue weighted by Gasteiger charge is -2.19. The first-order valence-electron chi connectivity index (χ1n) is 6.16. The van der Waals surface area contributed by atoms with Crippen LogP contribution in [0, 0.1) is 11.8 Å². The third kappa shape index (κ3) is 6.08. The van der Waals surface area contributed by atoms with Gasteiger partial charge in [-0.1, -0.05) is 17.9 Å². The summed E-state index contributed by atoms with van der Waals surface area (Å²) >= 11 is 0. The number of rotatable bonds is 1. The lowest BCUT2D eigenvalue weighted by atomic mass is 10.1. The third-order valence-electron chi connectivity index (χ3n) is 2.01. The molecular weight excluding hydrogens is 240 g/mol. The molecular formula is C16H20O3. The molecule has 0 unspecified atom stereocenters. The molecule has 1 rings (SSSR count). The number of hydrogen-bond acceptors (Lipinski definition) is 3. The molecule has 0 aliphatic heterocycles. The molecule has 1 aromatic carbocycles. The van der Waals surface area contributed by atoms with Crippen LogP contribution in [-0.4, -0.2) is 22.3 Å². The Bertz CT molecular complexity index is 519. The Kier molecular flexibility index (Phi) is 4.39. The molecule has 0 saturated heterocycles. The third-order valence-corrected chi connectivity index (χ3v) is 2.01. The van der Waals surface area contributed by atoms with Crippen LogP contribution in [0.4, 0.5) is 0 Å². The SMILES string of the molecule is CC(C)(O)C#Cc1cccc(C(=O)OC(C)(C)C)c1. The van der Waals surface area contributed by atoms with Crippen LogP contribution in [0.2, 0.25) is 0 Å². The molecule has 0 radical (unpaired) electrons. The fraction of sp³-hybridized carbons (Fsp3) is 0.438. The maximum absolute atomic E-state index is 11.9. The summed E-state index contributed by atoms with van der Waals surface area (Å²) in [5.41, 5.74) is -0.448. The van der Waals surface area contributed by atoms with Crippen molar-refractivity contribution in [3.05, 3.63) is 35.4 Å². The first-order valence-corrected chi connectivity index (χ1v) is 6.16. The summed E-state index contributed by atoms with van der Waals surface area (Å²) in [5, 5.41) is 9.55. The van der Waals surface area contributed by atoms with E-state index in [1.807, 2.05) is 20.8 Å². The van der Waals surface area contributed by atoms with Crippen LogP contribution < -0.4 is 0 Å². The highest BCUT2D eigenvalue weighted by molar-refractivity contribution is 5.90. The van der Waals surface area contributed by atoms with Gasteiger partial charge in [0.2, 0.25) is 0 Å². The number of benzene rings is 1. The van der Waals surface area contributed by atoms with Gasteiger partial charge in [-0.3, -0.25) is 0 Å². The van der Waals surface area contributed by atoms with Crippen LogP contribution in [0.25, 0.3) is 0 Å². The maximum Gasteiger partial charge on any atom is 0.338 e. The minimum Gasteiger partial charge on any atom is -0.456 e. The van der Waals surface area contributed by atoms with Gasteiger partial charge in [0.25, 0.3) is 0 Å². The molecule has 0 spiro atoms. The molecule has 0 aliphatic rings. The van der Waals surface area contributed by atoms with Crippen molar-refractivity contribution in [3.63, 3.8) is 0 Å². The highest BCUT2D eigenvalue weighted by Gasteiger charge is 2.17. The van der Waals surface area contributed by atoms with Gasteiger partial charge in [0, 0.05) is 5.56 Å². The van der Waals surface area contributed by atoms with E-state index in [1.165, 1.54) is 0 Å². The molecule has 3 nitrogen and oxygen atoms in total. The predicted octanol–water partition coefficient (Wildman–Crippen LogP) is 2.76. The van der Waals surface area contributed by atoms with E-state index in [-0.39, 0.29) is 5.97 Å². The Morgan fingerprint density at radius 3 is 2.37 bits per heavy atom. The highest BCUT2D eigenvalue weighted by Crippen LogP contribution is 2.13. The molecule has 0 heterocycles. The second kappa shape index (κ2) is 5.46. The predicted molar refractivity (Wildman–Crippen MR) is 74.8 cm³/mol. The maximum atomic E-state index is 11.9. The lowest BCUT2D eigenvalue weighted by Crippen LogP contribution is -2.23. The van der Waals surface area contributed by atoms with Crippen molar-refractivity contribution in [1.29, 1.82) is 0 Å². The van der Waals surface area contributed by atoms with Crippen molar-refractivity contribution in [2.75, 3.05) is 0 Å². The summed E-state index contributed by atoms with van der Waals surface area (Å²) in [6.45, 7) is 8.68. The number of carbonyl (C=O) groups excluding carboxylic acids is 1. The van der Waals surface area contributed by atoms with Crippen molar-refractivity contribution in [1.82, 2.24) is 0 Å². The molecule has 0 bridgehead atoms. The second-order valence-corrected chi connectivity index (χ2v) is 5.89. The first-order chi connectivity index (χ1) is 8.57. The molecule has 1 N–H and O–H groups in total. The van der Waals surface area contributed by atoms with Crippen LogP contribution in [0.5, 0.6) is 0 Å². The van der Waals surface area contributed by atoms with Crippen LogP contribution in [0.15, 0.2) is 24.3 Å². The molecule has 0 fully saturated rings. The molecule has 0 atom stereocenters. The van der Waals surface area contributed by atoms with Crippen molar-refractivity contribution in [2.24, 2.45) is 0 Å². The van der Waals surface area contributed by atoms with Crippen LogP contribution in [0.1, 0.15) is 50.5 Å². The normalized spacial score (nSPS) is 11.5. The van der Waals surface area contributed by atoms with Gasteiger partial charge >= 0.3 is 5.97 Å². The van der Waals surface area contributed by atoms with E-state index in [0.29, 0.717) is 11.1 Å². The van der Waals surface area contributed by atoms with Crippen molar-refractivity contribution in [2.45, 2.75) is 45.8 Å². The lowest BCUT2D eigenvalue weighted by molar-refractivity contribution is 0.00694. The standard InChI is InChI=1S/C16H20O3/c1-15(2,3)19-14(17)13-8-6-7-12(11-13)9-10-16(4,5)18/h6-8,11,18H,1-5H3. The summed E-state index contributed by atoms with van der Waals surface area (Å²) in [7, 11) is 0. The molecule has 1 aromatic rings. The van der Waals surface area contributed by atoms with Gasteiger partial charge in [-0.2, -0.15) is 0 Å². The minimum atomic E-state index is -1.05. The van der Waals surface area contributed by atoms with Gasteiger partial charge in [0.15, 0.2) is 0 Å². The first kappa shape index (κ1) is 15.3. The highest BCUT2D eigenvalue weighted by atomic mass is 16.6. The number of carbonyl (C=O) groups is 1. The van der Waals surface area contributed by atoms with E-state index in [9.17, 15) is 9.90 Å². The summed E-state index contributed by atoms with van der Waals surface area (Å²) in [6, 6.07) is 6.87. The van der Waals surface area contributed by atoms with Crippen molar-refractivity contribution in [3.8, 4) is 11.8 Å². The van der Waals surface area contributed by atoms with Crippen molar-refractivity contribution >= 4 is 5.97 Å². The monoisotopic (exact) mass is 260 g/mol. The van der Waals surface area contributed by atoms with E-state index >= 15 is 0 Å². The fourth-order valence-electron chi connectivity index (χ4n) is 1.29. The fourth-order valence-corrected chi connectivity index (χ4v) is 1.29. The quantitative estimate of drug-likeness (QED) is 0.624. The summed E-state index contributed by atoms with van der Waals surface area (Å²) in [5.74, 6) is 5.17. The Hall–Kier alpha value is -1.79. The number of hydrogen-bond donors (Lipinski definition) is 1. The van der Waals surface area contributed by atoms with E-state index in [4.69, 9.17) is 4.74 Å².